The van der Waals surface area contributed by atoms with E-state index in [-0.39, 0.29) is 24.6 Å². The largest absolute Gasteiger partial charge is 0.350 e. The highest BCUT2D eigenvalue weighted by molar-refractivity contribution is 6.33. The van der Waals surface area contributed by atoms with Gasteiger partial charge < -0.3 is 5.32 Å². The average Bonchev–Trinajstić information content (AvgIpc) is 2.64. The maximum atomic E-state index is 12.1. The third-order valence-electron chi connectivity index (χ3n) is 3.73. The van der Waals surface area contributed by atoms with Gasteiger partial charge in [0.2, 0.25) is 0 Å². The average molecular weight is 388 g/mol. The number of halogens is 2. The highest BCUT2D eigenvalue weighted by Crippen LogP contribution is 2.18. The molecule has 0 saturated carbocycles. The molecule has 2 aromatic carbocycles. The zero-order valence-corrected chi connectivity index (χ0v) is 15.2. The minimum Gasteiger partial charge on any atom is -0.350 e. The van der Waals surface area contributed by atoms with Crippen molar-refractivity contribution >= 4 is 29.1 Å². The van der Waals surface area contributed by atoms with Gasteiger partial charge in [0.15, 0.2) is 0 Å². The lowest BCUT2D eigenvalue weighted by Crippen LogP contribution is -2.32. The molecule has 26 heavy (non-hydrogen) atoms. The van der Waals surface area contributed by atoms with Crippen LogP contribution in [0.2, 0.25) is 10.0 Å². The Kier molecular flexibility index (Phi) is 5.71. The zero-order chi connectivity index (χ0) is 18.5. The molecule has 3 aromatic rings. The number of rotatable bonds is 5. The van der Waals surface area contributed by atoms with Crippen LogP contribution in [0.25, 0.3) is 11.3 Å². The first-order valence-corrected chi connectivity index (χ1v) is 8.67. The Morgan fingerprint density at radius 3 is 2.46 bits per heavy atom. The Labute approximate surface area is 160 Å². The molecule has 0 bridgehead atoms. The van der Waals surface area contributed by atoms with Crippen LogP contribution in [0.4, 0.5) is 0 Å². The number of nitrogens with zero attached hydrogens (tertiary/aromatic N) is 2. The van der Waals surface area contributed by atoms with Gasteiger partial charge in [0, 0.05) is 23.2 Å². The molecule has 0 spiro atoms. The summed E-state index contributed by atoms with van der Waals surface area (Å²) in [5, 5.41) is 8.09. The van der Waals surface area contributed by atoms with Crippen molar-refractivity contribution in [2.45, 2.75) is 6.54 Å². The number of aromatic nitrogens is 2. The first-order valence-electron chi connectivity index (χ1n) is 7.91. The quantitative estimate of drug-likeness (QED) is 0.726. The van der Waals surface area contributed by atoms with Crippen LogP contribution >= 0.6 is 23.2 Å². The van der Waals surface area contributed by atoms with Gasteiger partial charge in [-0.15, -0.1) is 0 Å². The van der Waals surface area contributed by atoms with Gasteiger partial charge in [0.1, 0.15) is 0 Å². The van der Waals surface area contributed by atoms with Crippen molar-refractivity contribution in [3.8, 4) is 11.3 Å². The fraction of sp³-hybridized carbons (Fsp3) is 0.105. The van der Waals surface area contributed by atoms with Crippen molar-refractivity contribution in [2.24, 2.45) is 0 Å². The van der Waals surface area contributed by atoms with Gasteiger partial charge in [0.05, 0.1) is 22.8 Å². The van der Waals surface area contributed by atoms with Gasteiger partial charge >= 0.3 is 0 Å². The standard InChI is InChI=1S/C19H15Cl2N3O2/c20-14-7-5-13(6-8-14)17-9-10-18(25)24(23-17)12-11-22-19(26)15-3-1-2-4-16(15)21/h1-10H,11-12H2,(H,22,26). The van der Waals surface area contributed by atoms with E-state index >= 15 is 0 Å². The molecule has 1 aromatic heterocycles. The number of carbonyl (C=O) groups excluding carboxylic acids is 1. The highest BCUT2D eigenvalue weighted by Gasteiger charge is 2.09. The van der Waals surface area contributed by atoms with E-state index in [1.54, 1.807) is 42.5 Å². The summed E-state index contributed by atoms with van der Waals surface area (Å²) in [6, 6.07) is 17.1. The fourth-order valence-corrected chi connectivity index (χ4v) is 2.75. The Bertz CT molecular complexity index is 985. The van der Waals surface area contributed by atoms with Crippen molar-refractivity contribution in [2.75, 3.05) is 6.54 Å². The molecule has 0 aliphatic carbocycles. The van der Waals surface area contributed by atoms with E-state index in [9.17, 15) is 9.59 Å². The zero-order valence-electron chi connectivity index (χ0n) is 13.7. The molecule has 0 radical (unpaired) electrons. The first kappa shape index (κ1) is 18.2. The molecule has 0 fully saturated rings. The summed E-state index contributed by atoms with van der Waals surface area (Å²) in [4.78, 5) is 24.1. The molecule has 1 N–H and O–H groups in total. The molecular weight excluding hydrogens is 373 g/mol. The predicted octanol–water partition coefficient (Wildman–Crippen LogP) is 3.65. The van der Waals surface area contributed by atoms with Gasteiger partial charge in [-0.05, 0) is 30.3 Å². The Hall–Kier alpha value is -2.63. The number of hydrogen-bond donors (Lipinski definition) is 1. The van der Waals surface area contributed by atoms with Crippen LogP contribution in [0.3, 0.4) is 0 Å². The summed E-state index contributed by atoms with van der Waals surface area (Å²) < 4.78 is 1.32. The Balaban J connectivity index is 1.69. The number of hydrogen-bond acceptors (Lipinski definition) is 3. The molecule has 0 aliphatic heterocycles. The minimum atomic E-state index is -0.294. The number of benzene rings is 2. The van der Waals surface area contributed by atoms with Crippen molar-refractivity contribution in [3.05, 3.63) is 86.6 Å². The summed E-state index contributed by atoms with van der Waals surface area (Å²) in [6.45, 7) is 0.498. The lowest BCUT2D eigenvalue weighted by atomic mass is 10.1. The van der Waals surface area contributed by atoms with Crippen molar-refractivity contribution in [1.29, 1.82) is 0 Å². The number of carbonyl (C=O) groups is 1. The van der Waals surface area contributed by atoms with E-state index in [1.165, 1.54) is 10.7 Å². The summed E-state index contributed by atoms with van der Waals surface area (Å²) in [7, 11) is 0. The molecule has 0 unspecified atom stereocenters. The second kappa shape index (κ2) is 8.17. The van der Waals surface area contributed by atoms with Crippen LogP contribution < -0.4 is 10.9 Å². The summed E-state index contributed by atoms with van der Waals surface area (Å²) in [5.41, 5.74) is 1.65. The molecule has 1 amide bonds. The van der Waals surface area contributed by atoms with Gasteiger partial charge in [-0.2, -0.15) is 5.10 Å². The third-order valence-corrected chi connectivity index (χ3v) is 4.32. The van der Waals surface area contributed by atoms with E-state index in [0.717, 1.165) is 5.56 Å². The molecular formula is C19H15Cl2N3O2. The lowest BCUT2D eigenvalue weighted by molar-refractivity contribution is 0.0952. The second-order valence-electron chi connectivity index (χ2n) is 5.52. The maximum absolute atomic E-state index is 12.1. The van der Waals surface area contributed by atoms with Gasteiger partial charge in [0.25, 0.3) is 11.5 Å². The van der Waals surface area contributed by atoms with E-state index in [2.05, 4.69) is 10.4 Å². The molecule has 5 nitrogen and oxygen atoms in total. The lowest BCUT2D eigenvalue weighted by Gasteiger charge is -2.09. The molecule has 0 atom stereocenters. The summed E-state index contributed by atoms with van der Waals surface area (Å²) >= 11 is 11.9. The highest BCUT2D eigenvalue weighted by atomic mass is 35.5. The Morgan fingerprint density at radius 2 is 1.73 bits per heavy atom. The van der Waals surface area contributed by atoms with E-state index < -0.39 is 0 Å². The second-order valence-corrected chi connectivity index (χ2v) is 6.37. The first-order chi connectivity index (χ1) is 12.5. The summed E-state index contributed by atoms with van der Waals surface area (Å²) in [6.07, 6.45) is 0. The van der Waals surface area contributed by atoms with Gasteiger partial charge in [-0.1, -0.05) is 47.5 Å². The van der Waals surface area contributed by atoms with E-state index in [4.69, 9.17) is 23.2 Å². The maximum Gasteiger partial charge on any atom is 0.266 e. The van der Waals surface area contributed by atoms with Crippen molar-refractivity contribution in [1.82, 2.24) is 15.1 Å². The predicted molar refractivity (Wildman–Crippen MR) is 103 cm³/mol. The van der Waals surface area contributed by atoms with Crippen LogP contribution in [0.15, 0.2) is 65.5 Å². The molecule has 7 heteroatoms. The van der Waals surface area contributed by atoms with Crippen LogP contribution in [0, 0.1) is 0 Å². The SMILES string of the molecule is O=C(NCCn1nc(-c2ccc(Cl)cc2)ccc1=O)c1ccccc1Cl. The Morgan fingerprint density at radius 1 is 1.00 bits per heavy atom. The molecule has 132 valence electrons. The number of amides is 1. The fourth-order valence-electron chi connectivity index (χ4n) is 2.40. The monoisotopic (exact) mass is 387 g/mol. The van der Waals surface area contributed by atoms with E-state index in [0.29, 0.717) is 21.3 Å². The van der Waals surface area contributed by atoms with Crippen molar-refractivity contribution in [3.63, 3.8) is 0 Å². The normalized spacial score (nSPS) is 10.5. The van der Waals surface area contributed by atoms with Crippen molar-refractivity contribution < 1.29 is 4.79 Å². The molecule has 1 heterocycles. The summed E-state index contributed by atoms with van der Waals surface area (Å²) in [5.74, 6) is -0.294. The third kappa shape index (κ3) is 4.31. The van der Waals surface area contributed by atoms with Crippen LogP contribution in [0.1, 0.15) is 10.4 Å². The van der Waals surface area contributed by atoms with E-state index in [1.807, 2.05) is 12.1 Å². The molecule has 3 rings (SSSR count). The minimum absolute atomic E-state index is 0.241. The van der Waals surface area contributed by atoms with Crippen LogP contribution in [-0.4, -0.2) is 22.2 Å². The molecule has 0 saturated heterocycles. The topological polar surface area (TPSA) is 64.0 Å². The van der Waals surface area contributed by atoms with Crippen LogP contribution in [-0.2, 0) is 6.54 Å². The smallest absolute Gasteiger partial charge is 0.266 e. The van der Waals surface area contributed by atoms with Gasteiger partial charge in [-0.25, -0.2) is 4.68 Å². The van der Waals surface area contributed by atoms with Crippen LogP contribution in [0.5, 0.6) is 0 Å². The molecule has 0 aliphatic rings. The van der Waals surface area contributed by atoms with Gasteiger partial charge in [-0.3, -0.25) is 9.59 Å². The number of nitrogens with one attached hydrogen (secondary N) is 1.